The van der Waals surface area contributed by atoms with Crippen molar-refractivity contribution in [1.82, 2.24) is 4.90 Å². The van der Waals surface area contributed by atoms with Gasteiger partial charge in [0.05, 0.1) is 17.7 Å². The summed E-state index contributed by atoms with van der Waals surface area (Å²) in [5, 5.41) is 12.6. The van der Waals surface area contributed by atoms with Crippen LogP contribution >= 0.6 is 35.0 Å². The number of ether oxygens (including phenoxy) is 1. The molecule has 1 fully saturated rings. The number of rotatable bonds is 10. The van der Waals surface area contributed by atoms with Crippen molar-refractivity contribution in [1.29, 1.82) is 0 Å². The molecule has 1 aromatic heterocycles. The van der Waals surface area contributed by atoms with Crippen molar-refractivity contribution >= 4 is 76.0 Å². The number of hydrogen-bond acceptors (Lipinski definition) is 7. The third kappa shape index (κ3) is 8.48. The molecule has 216 valence electrons. The molecule has 1 aliphatic rings. The summed E-state index contributed by atoms with van der Waals surface area (Å²) in [6, 6.07) is 25.0. The maximum atomic E-state index is 13.5. The van der Waals surface area contributed by atoms with Crippen LogP contribution in [0.25, 0.3) is 12.2 Å². The minimum atomic E-state index is -0.361. The number of nitrogens with zero attached hydrogens (tertiary/aromatic N) is 3. The molecule has 8 nitrogen and oxygen atoms in total. The summed E-state index contributed by atoms with van der Waals surface area (Å²) in [5.41, 5.74) is 2.14. The standard InChI is InChI=1S/C32H24Cl2N4O4S/c33-24-10-13-26(14-11-24)36-30(39)21-42-28-15-12-25(34)18-23(28)19-29-31(40)38(20-27-9-5-17-41-27)32(43-29)37-35-16-4-8-22-6-2-1-3-7-22/h1-19H,20-21H2,(H,36,39)/b8-4+,29-19-,35-16+,37-32-. The minimum absolute atomic E-state index is 0.175. The van der Waals surface area contributed by atoms with Crippen LogP contribution in [0.3, 0.4) is 0 Å². The van der Waals surface area contributed by atoms with Crippen molar-refractivity contribution < 1.29 is 18.7 Å². The van der Waals surface area contributed by atoms with Gasteiger partial charge in [-0.05, 0) is 84.1 Å². The molecule has 5 rings (SSSR count). The van der Waals surface area contributed by atoms with E-state index in [-0.39, 0.29) is 25.0 Å². The van der Waals surface area contributed by atoms with Gasteiger partial charge in [-0.25, -0.2) is 0 Å². The number of furan rings is 1. The monoisotopic (exact) mass is 630 g/mol. The van der Waals surface area contributed by atoms with Crippen LogP contribution in [0.5, 0.6) is 5.75 Å². The summed E-state index contributed by atoms with van der Waals surface area (Å²) in [4.78, 5) is 27.9. The lowest BCUT2D eigenvalue weighted by atomic mass is 10.2. The third-order valence-corrected chi connectivity index (χ3v) is 7.40. The quantitative estimate of drug-likeness (QED) is 0.110. The van der Waals surface area contributed by atoms with E-state index in [1.54, 1.807) is 79.2 Å². The Morgan fingerprint density at radius 3 is 2.56 bits per heavy atom. The third-order valence-electron chi connectivity index (χ3n) is 5.91. The van der Waals surface area contributed by atoms with Gasteiger partial charge >= 0.3 is 0 Å². The number of carbonyl (C=O) groups excluding carboxylic acids is 2. The molecular formula is C32H24Cl2N4O4S. The summed E-state index contributed by atoms with van der Waals surface area (Å²) in [7, 11) is 0. The molecule has 2 heterocycles. The number of anilines is 1. The largest absolute Gasteiger partial charge is 0.483 e. The number of amides is 2. The summed E-state index contributed by atoms with van der Waals surface area (Å²) in [6.45, 7) is -0.0851. The molecule has 0 unspecified atom stereocenters. The predicted molar refractivity (Wildman–Crippen MR) is 173 cm³/mol. The van der Waals surface area contributed by atoms with E-state index < -0.39 is 0 Å². The Bertz CT molecular complexity index is 1700. The maximum Gasteiger partial charge on any atom is 0.267 e. The van der Waals surface area contributed by atoms with Gasteiger partial charge in [0.25, 0.3) is 11.8 Å². The number of carbonyl (C=O) groups is 2. The molecule has 43 heavy (non-hydrogen) atoms. The number of amidine groups is 1. The lowest BCUT2D eigenvalue weighted by Gasteiger charge is -2.12. The fraction of sp³-hybridized carbons (Fsp3) is 0.0625. The lowest BCUT2D eigenvalue weighted by Crippen LogP contribution is -2.28. The number of allylic oxidation sites excluding steroid dienone is 1. The van der Waals surface area contributed by atoms with Gasteiger partial charge in [-0.15, -0.1) is 5.10 Å². The number of nitrogens with one attached hydrogen (secondary N) is 1. The number of thioether (sulfide) groups is 1. The topological polar surface area (TPSA) is 96.5 Å². The maximum absolute atomic E-state index is 13.5. The Kier molecular flexibility index (Phi) is 10.1. The molecule has 0 saturated carbocycles. The average Bonchev–Trinajstić information content (AvgIpc) is 3.62. The van der Waals surface area contributed by atoms with Crippen LogP contribution in [-0.4, -0.2) is 34.7 Å². The highest BCUT2D eigenvalue weighted by Gasteiger charge is 2.34. The zero-order valence-electron chi connectivity index (χ0n) is 22.5. The van der Waals surface area contributed by atoms with E-state index in [1.165, 1.54) is 4.90 Å². The summed E-state index contributed by atoms with van der Waals surface area (Å²) in [5.74, 6) is 0.319. The van der Waals surface area contributed by atoms with E-state index in [0.29, 0.717) is 42.9 Å². The minimum Gasteiger partial charge on any atom is -0.483 e. The van der Waals surface area contributed by atoms with Crippen molar-refractivity contribution in [3.05, 3.63) is 129 Å². The van der Waals surface area contributed by atoms with Crippen molar-refractivity contribution in [2.24, 2.45) is 10.2 Å². The first-order valence-corrected chi connectivity index (χ1v) is 14.6. The highest BCUT2D eigenvalue weighted by atomic mass is 35.5. The van der Waals surface area contributed by atoms with Crippen LogP contribution < -0.4 is 10.1 Å². The van der Waals surface area contributed by atoms with E-state index in [4.69, 9.17) is 32.4 Å². The fourth-order valence-corrected chi connectivity index (χ4v) is 5.13. The lowest BCUT2D eigenvalue weighted by molar-refractivity contribution is -0.122. The predicted octanol–water partition coefficient (Wildman–Crippen LogP) is 7.78. The second-order valence-corrected chi connectivity index (χ2v) is 10.9. The van der Waals surface area contributed by atoms with E-state index >= 15 is 0 Å². The van der Waals surface area contributed by atoms with Gasteiger partial charge in [0.1, 0.15) is 11.5 Å². The highest BCUT2D eigenvalue weighted by molar-refractivity contribution is 8.18. The van der Waals surface area contributed by atoms with Crippen molar-refractivity contribution in [2.75, 3.05) is 11.9 Å². The van der Waals surface area contributed by atoms with E-state index in [0.717, 1.165) is 17.3 Å². The summed E-state index contributed by atoms with van der Waals surface area (Å²) < 4.78 is 11.3. The first kappa shape index (κ1) is 29.9. The van der Waals surface area contributed by atoms with Gasteiger partial charge in [-0.1, -0.05) is 59.6 Å². The van der Waals surface area contributed by atoms with Gasteiger partial charge < -0.3 is 14.5 Å². The molecule has 1 saturated heterocycles. The van der Waals surface area contributed by atoms with Crippen LogP contribution in [0.1, 0.15) is 16.9 Å². The smallest absolute Gasteiger partial charge is 0.267 e. The van der Waals surface area contributed by atoms with Crippen LogP contribution in [0.2, 0.25) is 10.0 Å². The molecular weight excluding hydrogens is 607 g/mol. The molecule has 4 aromatic rings. The Morgan fingerprint density at radius 2 is 1.79 bits per heavy atom. The molecule has 1 N–H and O–H groups in total. The van der Waals surface area contributed by atoms with Crippen LogP contribution in [0, 0.1) is 0 Å². The molecule has 0 radical (unpaired) electrons. The van der Waals surface area contributed by atoms with E-state index in [9.17, 15) is 9.59 Å². The SMILES string of the molecule is O=C(COc1ccc(Cl)cc1/C=C1\S\C(=N/N=C/C=C/c2ccccc2)N(Cc2ccco2)C1=O)Nc1ccc(Cl)cc1. The number of halogens is 2. The summed E-state index contributed by atoms with van der Waals surface area (Å²) >= 11 is 13.3. The highest BCUT2D eigenvalue weighted by Crippen LogP contribution is 2.36. The normalized spacial score (nSPS) is 15.3. The Hall–Kier alpha value is -4.57. The van der Waals surface area contributed by atoms with Gasteiger partial charge in [0, 0.05) is 27.5 Å². The van der Waals surface area contributed by atoms with Gasteiger partial charge in [0.2, 0.25) is 0 Å². The molecule has 3 aromatic carbocycles. The first-order chi connectivity index (χ1) is 20.9. The Balaban J connectivity index is 1.33. The Labute approximate surface area is 262 Å². The zero-order chi connectivity index (χ0) is 30.0. The number of hydrogen-bond donors (Lipinski definition) is 1. The van der Waals surface area contributed by atoms with Crippen molar-refractivity contribution in [3.63, 3.8) is 0 Å². The average molecular weight is 632 g/mol. The van der Waals surface area contributed by atoms with Crippen LogP contribution in [0.15, 0.2) is 117 Å². The fourth-order valence-electron chi connectivity index (χ4n) is 3.90. The van der Waals surface area contributed by atoms with Crippen LogP contribution in [0.4, 0.5) is 5.69 Å². The van der Waals surface area contributed by atoms with Crippen LogP contribution in [-0.2, 0) is 16.1 Å². The van der Waals surface area contributed by atoms with E-state index in [2.05, 4.69) is 15.5 Å². The molecule has 0 atom stereocenters. The molecule has 11 heteroatoms. The molecule has 0 spiro atoms. The van der Waals surface area contributed by atoms with Gasteiger partial charge in [-0.3, -0.25) is 14.5 Å². The number of benzene rings is 3. The second kappa shape index (κ2) is 14.6. The Morgan fingerprint density at radius 1 is 1.00 bits per heavy atom. The van der Waals surface area contributed by atoms with Gasteiger partial charge in [0.15, 0.2) is 11.8 Å². The zero-order valence-corrected chi connectivity index (χ0v) is 24.9. The molecule has 0 bridgehead atoms. The van der Waals surface area contributed by atoms with Crippen molar-refractivity contribution in [3.8, 4) is 5.75 Å². The second-order valence-electron chi connectivity index (χ2n) is 9.02. The molecule has 2 amide bonds. The first-order valence-electron chi connectivity index (χ1n) is 13.0. The van der Waals surface area contributed by atoms with Crippen molar-refractivity contribution in [2.45, 2.75) is 6.54 Å². The summed E-state index contributed by atoms with van der Waals surface area (Å²) in [6.07, 6.45) is 8.42. The van der Waals surface area contributed by atoms with E-state index in [1.807, 2.05) is 36.4 Å². The van der Waals surface area contributed by atoms with Gasteiger partial charge in [-0.2, -0.15) is 5.10 Å². The molecule has 1 aliphatic heterocycles. The molecule has 0 aliphatic carbocycles.